The van der Waals surface area contributed by atoms with E-state index < -0.39 is 23.8 Å². The van der Waals surface area contributed by atoms with Gasteiger partial charge in [-0.1, -0.05) is 12.7 Å². The van der Waals surface area contributed by atoms with Gasteiger partial charge in [0.1, 0.15) is 12.2 Å². The number of carbonyl (C=O) groups is 2. The zero-order valence-electron chi connectivity index (χ0n) is 12.9. The maximum atomic E-state index is 12.0. The molecule has 0 aromatic rings. The lowest BCUT2D eigenvalue weighted by molar-refractivity contribution is -0.00469. The highest BCUT2D eigenvalue weighted by Crippen LogP contribution is 2.15. The Hall–Kier alpha value is -1.76. The van der Waals surface area contributed by atoms with E-state index in [1.54, 1.807) is 20.8 Å². The zero-order valence-corrected chi connectivity index (χ0v) is 12.9. The van der Waals surface area contributed by atoms with Crippen molar-refractivity contribution in [1.82, 2.24) is 9.80 Å². The number of rotatable bonds is 3. The predicted molar refractivity (Wildman–Crippen MR) is 76.9 cm³/mol. The Labute approximate surface area is 125 Å². The van der Waals surface area contributed by atoms with Crippen molar-refractivity contribution in [3.05, 3.63) is 12.7 Å². The van der Waals surface area contributed by atoms with E-state index in [1.807, 2.05) is 0 Å². The topological polar surface area (TPSA) is 79.3 Å². The van der Waals surface area contributed by atoms with E-state index in [0.29, 0.717) is 13.1 Å². The lowest BCUT2D eigenvalue weighted by Gasteiger charge is -2.40. The fraction of sp³-hybridized carbons (Fsp3) is 0.714. The van der Waals surface area contributed by atoms with Gasteiger partial charge in [0, 0.05) is 19.6 Å². The molecule has 120 valence electrons. The minimum atomic E-state index is -0.578. The Balaban J connectivity index is 2.62. The maximum Gasteiger partial charge on any atom is 0.410 e. The molecule has 1 atom stereocenters. The molecule has 7 heteroatoms. The van der Waals surface area contributed by atoms with Crippen molar-refractivity contribution in [3.8, 4) is 0 Å². The van der Waals surface area contributed by atoms with Crippen LogP contribution in [0.5, 0.6) is 0 Å². The summed E-state index contributed by atoms with van der Waals surface area (Å²) in [7, 11) is 0. The van der Waals surface area contributed by atoms with E-state index in [1.165, 1.54) is 15.9 Å². The number of amides is 2. The van der Waals surface area contributed by atoms with Crippen molar-refractivity contribution in [1.29, 1.82) is 0 Å². The summed E-state index contributed by atoms with van der Waals surface area (Å²) in [6, 6.07) is -0.497. The molecular weight excluding hydrogens is 276 g/mol. The standard InChI is InChI=1S/C14H24N2O5/c1-5-8-20-13(19)16-7-6-15(9-11(16)10-17)12(18)21-14(2,3)4/h5,11,17H,1,6-10H2,2-4H3/t11-/m0/s1. The summed E-state index contributed by atoms with van der Waals surface area (Å²) < 4.78 is 10.3. The van der Waals surface area contributed by atoms with Crippen molar-refractivity contribution in [2.45, 2.75) is 32.4 Å². The second kappa shape index (κ2) is 7.31. The van der Waals surface area contributed by atoms with E-state index in [2.05, 4.69) is 6.58 Å². The Morgan fingerprint density at radius 1 is 1.33 bits per heavy atom. The first-order valence-electron chi connectivity index (χ1n) is 6.91. The van der Waals surface area contributed by atoms with Crippen LogP contribution in [0.4, 0.5) is 9.59 Å². The summed E-state index contributed by atoms with van der Waals surface area (Å²) in [5, 5.41) is 9.42. The van der Waals surface area contributed by atoms with E-state index in [9.17, 15) is 14.7 Å². The molecule has 21 heavy (non-hydrogen) atoms. The number of hydrogen-bond acceptors (Lipinski definition) is 5. The first kappa shape index (κ1) is 17.3. The molecule has 1 saturated heterocycles. The van der Waals surface area contributed by atoms with Gasteiger partial charge in [0.2, 0.25) is 0 Å². The molecule has 1 heterocycles. The number of aliphatic hydroxyl groups is 1. The van der Waals surface area contributed by atoms with Gasteiger partial charge in [-0.25, -0.2) is 9.59 Å². The summed E-state index contributed by atoms with van der Waals surface area (Å²) in [4.78, 5) is 26.8. The summed E-state index contributed by atoms with van der Waals surface area (Å²) in [6.07, 6.45) is 0.515. The van der Waals surface area contributed by atoms with E-state index in [4.69, 9.17) is 9.47 Å². The molecular formula is C14H24N2O5. The molecule has 0 unspecified atom stereocenters. The molecule has 1 N–H and O–H groups in total. The Morgan fingerprint density at radius 2 is 2.00 bits per heavy atom. The van der Waals surface area contributed by atoms with Gasteiger partial charge in [-0.3, -0.25) is 4.90 Å². The minimum absolute atomic E-state index is 0.114. The van der Waals surface area contributed by atoms with Crippen LogP contribution < -0.4 is 0 Å². The number of aliphatic hydroxyl groups excluding tert-OH is 1. The van der Waals surface area contributed by atoms with Crippen LogP contribution in [0.1, 0.15) is 20.8 Å². The van der Waals surface area contributed by atoms with E-state index >= 15 is 0 Å². The second-order valence-electron chi connectivity index (χ2n) is 5.82. The lowest BCUT2D eigenvalue weighted by atomic mass is 10.2. The molecule has 1 aliphatic heterocycles. The number of hydrogen-bond donors (Lipinski definition) is 1. The van der Waals surface area contributed by atoms with Gasteiger partial charge in [0.05, 0.1) is 12.6 Å². The summed E-state index contributed by atoms with van der Waals surface area (Å²) >= 11 is 0. The van der Waals surface area contributed by atoms with Crippen LogP contribution in [0.2, 0.25) is 0 Å². The third-order valence-electron chi connectivity index (χ3n) is 2.90. The van der Waals surface area contributed by atoms with Crippen molar-refractivity contribution in [2.75, 3.05) is 32.8 Å². The average Bonchev–Trinajstić information content (AvgIpc) is 2.42. The molecule has 1 fully saturated rings. The van der Waals surface area contributed by atoms with Crippen molar-refractivity contribution >= 4 is 12.2 Å². The maximum absolute atomic E-state index is 12.0. The van der Waals surface area contributed by atoms with Gasteiger partial charge in [0.25, 0.3) is 0 Å². The predicted octanol–water partition coefficient (Wildman–Crippen LogP) is 1.22. The van der Waals surface area contributed by atoms with Crippen LogP contribution in [0.15, 0.2) is 12.7 Å². The summed E-state index contributed by atoms with van der Waals surface area (Å²) in [5.74, 6) is 0. The summed E-state index contributed by atoms with van der Waals surface area (Å²) in [6.45, 7) is 9.56. The normalized spacial score (nSPS) is 19.1. The largest absolute Gasteiger partial charge is 0.445 e. The second-order valence-corrected chi connectivity index (χ2v) is 5.82. The molecule has 0 aliphatic carbocycles. The third-order valence-corrected chi connectivity index (χ3v) is 2.90. The molecule has 0 saturated carbocycles. The highest BCUT2D eigenvalue weighted by molar-refractivity contribution is 5.71. The smallest absolute Gasteiger partial charge is 0.410 e. The van der Waals surface area contributed by atoms with E-state index in [0.717, 1.165) is 0 Å². The molecule has 7 nitrogen and oxygen atoms in total. The van der Waals surface area contributed by atoms with Crippen LogP contribution in [-0.4, -0.2) is 71.6 Å². The molecule has 0 spiro atoms. The van der Waals surface area contributed by atoms with E-state index in [-0.39, 0.29) is 19.8 Å². The monoisotopic (exact) mass is 300 g/mol. The first-order valence-corrected chi connectivity index (χ1v) is 6.91. The fourth-order valence-corrected chi connectivity index (χ4v) is 1.96. The van der Waals surface area contributed by atoms with Crippen molar-refractivity contribution in [2.24, 2.45) is 0 Å². The van der Waals surface area contributed by atoms with Gasteiger partial charge in [0.15, 0.2) is 0 Å². The van der Waals surface area contributed by atoms with Crippen LogP contribution in [0, 0.1) is 0 Å². The SMILES string of the molecule is C=CCOC(=O)N1CCN(C(=O)OC(C)(C)C)C[C@H]1CO. The van der Waals surface area contributed by atoms with Crippen LogP contribution in [-0.2, 0) is 9.47 Å². The van der Waals surface area contributed by atoms with Gasteiger partial charge in [-0.2, -0.15) is 0 Å². The zero-order chi connectivity index (χ0) is 16.0. The molecule has 1 rings (SSSR count). The molecule has 0 bridgehead atoms. The van der Waals surface area contributed by atoms with Crippen LogP contribution in [0.25, 0.3) is 0 Å². The van der Waals surface area contributed by atoms with Gasteiger partial charge >= 0.3 is 12.2 Å². The average molecular weight is 300 g/mol. The number of piperazine rings is 1. The first-order chi connectivity index (χ1) is 9.78. The Morgan fingerprint density at radius 3 is 2.52 bits per heavy atom. The fourth-order valence-electron chi connectivity index (χ4n) is 1.96. The van der Waals surface area contributed by atoms with Gasteiger partial charge in [-0.15, -0.1) is 0 Å². The Kier molecular flexibility index (Phi) is 6.02. The molecule has 1 aliphatic rings. The number of ether oxygens (including phenoxy) is 2. The van der Waals surface area contributed by atoms with Crippen LogP contribution >= 0.6 is 0 Å². The lowest BCUT2D eigenvalue weighted by Crippen LogP contribution is -2.58. The van der Waals surface area contributed by atoms with Crippen LogP contribution in [0.3, 0.4) is 0 Å². The minimum Gasteiger partial charge on any atom is -0.445 e. The number of carbonyl (C=O) groups excluding carboxylic acids is 2. The highest BCUT2D eigenvalue weighted by atomic mass is 16.6. The quantitative estimate of drug-likeness (QED) is 0.793. The molecule has 0 aromatic carbocycles. The molecule has 0 aromatic heterocycles. The number of nitrogens with zero attached hydrogens (tertiary/aromatic N) is 2. The molecule has 2 amide bonds. The molecule has 0 radical (unpaired) electrons. The Bertz CT molecular complexity index is 391. The third kappa shape index (κ3) is 5.26. The van der Waals surface area contributed by atoms with Gasteiger partial charge in [-0.05, 0) is 20.8 Å². The van der Waals surface area contributed by atoms with Gasteiger partial charge < -0.3 is 19.5 Å². The summed E-state index contributed by atoms with van der Waals surface area (Å²) in [5.41, 5.74) is -0.578. The van der Waals surface area contributed by atoms with Crippen molar-refractivity contribution < 1.29 is 24.2 Å². The van der Waals surface area contributed by atoms with Crippen molar-refractivity contribution in [3.63, 3.8) is 0 Å². The highest BCUT2D eigenvalue weighted by Gasteiger charge is 2.34.